The van der Waals surface area contributed by atoms with Crippen LogP contribution < -0.4 is 16.4 Å². The Bertz CT molecular complexity index is 373. The molecule has 86 valence electrons. The molecule has 1 rings (SSSR count). The molecule has 5 nitrogen and oxygen atoms in total. The van der Waals surface area contributed by atoms with Crippen molar-refractivity contribution in [1.29, 1.82) is 0 Å². The number of amides is 2. The molecule has 0 fully saturated rings. The fraction of sp³-hybridized carbons (Fsp3) is 0.273. The molecule has 0 aliphatic heterocycles. The first-order valence-electron chi connectivity index (χ1n) is 4.98. The molecule has 0 aliphatic rings. The Kier molecular flexibility index (Phi) is 4.47. The molecule has 0 aromatic heterocycles. The highest BCUT2D eigenvalue weighted by Crippen LogP contribution is 2.03. The Morgan fingerprint density at radius 1 is 1.12 bits per heavy atom. The monoisotopic (exact) mass is 221 g/mol. The van der Waals surface area contributed by atoms with E-state index in [1.54, 1.807) is 12.1 Å². The molecule has 2 amide bonds. The lowest BCUT2D eigenvalue weighted by Crippen LogP contribution is -2.30. The average Bonchev–Trinajstić information content (AvgIpc) is 2.29. The Morgan fingerprint density at radius 2 is 1.69 bits per heavy atom. The molecule has 4 N–H and O–H groups in total. The van der Waals surface area contributed by atoms with Crippen molar-refractivity contribution in [3.05, 3.63) is 35.4 Å². The maximum Gasteiger partial charge on any atom is 0.251 e. The summed E-state index contributed by atoms with van der Waals surface area (Å²) in [4.78, 5) is 22.4. The molecule has 0 radical (unpaired) electrons. The first-order chi connectivity index (χ1) is 7.65. The molecular formula is C11H15N3O2. The molecule has 0 atom stereocenters. The molecule has 0 saturated heterocycles. The number of benzene rings is 1. The molecule has 0 bridgehead atoms. The van der Waals surface area contributed by atoms with Gasteiger partial charge in [0.1, 0.15) is 0 Å². The van der Waals surface area contributed by atoms with Gasteiger partial charge < -0.3 is 16.4 Å². The number of hydrogen-bond acceptors (Lipinski definition) is 3. The van der Waals surface area contributed by atoms with Gasteiger partial charge in [-0.25, -0.2) is 0 Å². The number of carbonyl (C=O) groups excluding carboxylic acids is 2. The maximum atomic E-state index is 11.5. The van der Waals surface area contributed by atoms with Gasteiger partial charge in [0.25, 0.3) is 5.91 Å². The molecule has 1 aromatic rings. The highest BCUT2D eigenvalue weighted by atomic mass is 16.2. The van der Waals surface area contributed by atoms with E-state index in [4.69, 9.17) is 5.73 Å². The number of primary amides is 1. The Labute approximate surface area is 94.0 Å². The van der Waals surface area contributed by atoms with Gasteiger partial charge in [-0.2, -0.15) is 0 Å². The van der Waals surface area contributed by atoms with Crippen LogP contribution in [0.1, 0.15) is 20.7 Å². The van der Waals surface area contributed by atoms with Crippen LogP contribution in [0.2, 0.25) is 0 Å². The van der Waals surface area contributed by atoms with Gasteiger partial charge in [-0.1, -0.05) is 0 Å². The van der Waals surface area contributed by atoms with Crippen molar-refractivity contribution in [2.75, 3.05) is 20.1 Å². The van der Waals surface area contributed by atoms with E-state index in [0.29, 0.717) is 24.2 Å². The molecule has 0 aliphatic carbocycles. The lowest BCUT2D eigenvalue weighted by molar-refractivity contribution is 0.0951. The Morgan fingerprint density at radius 3 is 2.19 bits per heavy atom. The van der Waals surface area contributed by atoms with Crippen LogP contribution in [0.5, 0.6) is 0 Å². The highest BCUT2D eigenvalue weighted by molar-refractivity contribution is 5.97. The van der Waals surface area contributed by atoms with Gasteiger partial charge in [0.15, 0.2) is 0 Å². The summed E-state index contributed by atoms with van der Waals surface area (Å²) < 4.78 is 0. The van der Waals surface area contributed by atoms with Gasteiger partial charge in [-0.3, -0.25) is 9.59 Å². The summed E-state index contributed by atoms with van der Waals surface area (Å²) in [5.74, 6) is -0.659. The van der Waals surface area contributed by atoms with E-state index in [0.717, 1.165) is 0 Å². The van der Waals surface area contributed by atoms with Gasteiger partial charge in [-0.05, 0) is 31.3 Å². The fourth-order valence-electron chi connectivity index (χ4n) is 1.19. The summed E-state index contributed by atoms with van der Waals surface area (Å²) in [5.41, 5.74) is 6.00. The van der Waals surface area contributed by atoms with Crippen molar-refractivity contribution in [1.82, 2.24) is 10.6 Å². The van der Waals surface area contributed by atoms with Gasteiger partial charge >= 0.3 is 0 Å². The molecule has 5 heteroatoms. The summed E-state index contributed by atoms with van der Waals surface area (Å²) in [5, 5.41) is 5.65. The van der Waals surface area contributed by atoms with Crippen molar-refractivity contribution >= 4 is 11.8 Å². The van der Waals surface area contributed by atoms with Gasteiger partial charge in [-0.15, -0.1) is 0 Å². The van der Waals surface area contributed by atoms with Crippen LogP contribution in [0.25, 0.3) is 0 Å². The number of nitrogens with one attached hydrogen (secondary N) is 2. The van der Waals surface area contributed by atoms with Gasteiger partial charge in [0.2, 0.25) is 5.91 Å². The van der Waals surface area contributed by atoms with Crippen LogP contribution in [0.4, 0.5) is 0 Å². The zero-order chi connectivity index (χ0) is 12.0. The zero-order valence-corrected chi connectivity index (χ0v) is 9.12. The number of likely N-dealkylation sites (N-methyl/N-ethyl adjacent to an activating group) is 1. The lowest BCUT2D eigenvalue weighted by Gasteiger charge is -2.04. The SMILES string of the molecule is CNCCNC(=O)c1ccc(C(N)=O)cc1. The molecule has 1 aromatic carbocycles. The van der Waals surface area contributed by atoms with E-state index >= 15 is 0 Å². The summed E-state index contributed by atoms with van der Waals surface area (Å²) in [7, 11) is 1.81. The number of hydrogen-bond donors (Lipinski definition) is 3. The minimum absolute atomic E-state index is 0.161. The third-order valence-electron chi connectivity index (χ3n) is 2.09. The van der Waals surface area contributed by atoms with Crippen LogP contribution in [0.15, 0.2) is 24.3 Å². The second-order valence-corrected chi connectivity index (χ2v) is 3.30. The summed E-state index contributed by atoms with van der Waals surface area (Å²) >= 11 is 0. The van der Waals surface area contributed by atoms with Crippen LogP contribution in [-0.4, -0.2) is 32.0 Å². The van der Waals surface area contributed by atoms with Crippen molar-refractivity contribution in [3.8, 4) is 0 Å². The van der Waals surface area contributed by atoms with Crippen LogP contribution in [0, 0.1) is 0 Å². The van der Waals surface area contributed by atoms with E-state index < -0.39 is 5.91 Å². The zero-order valence-electron chi connectivity index (χ0n) is 9.12. The first-order valence-corrected chi connectivity index (χ1v) is 4.98. The van der Waals surface area contributed by atoms with Crippen LogP contribution >= 0.6 is 0 Å². The number of carbonyl (C=O) groups is 2. The predicted molar refractivity (Wildman–Crippen MR) is 61.2 cm³/mol. The maximum absolute atomic E-state index is 11.5. The summed E-state index contributed by atoms with van der Waals surface area (Å²) in [6.45, 7) is 1.28. The fourth-order valence-corrected chi connectivity index (χ4v) is 1.19. The third-order valence-corrected chi connectivity index (χ3v) is 2.09. The van der Waals surface area contributed by atoms with E-state index in [1.165, 1.54) is 12.1 Å². The topological polar surface area (TPSA) is 84.2 Å². The van der Waals surface area contributed by atoms with E-state index in [2.05, 4.69) is 10.6 Å². The van der Waals surface area contributed by atoms with E-state index in [9.17, 15) is 9.59 Å². The van der Waals surface area contributed by atoms with Crippen molar-refractivity contribution in [2.24, 2.45) is 5.73 Å². The molecular weight excluding hydrogens is 206 g/mol. The molecule has 0 heterocycles. The van der Waals surface area contributed by atoms with Crippen molar-refractivity contribution in [2.45, 2.75) is 0 Å². The molecule has 0 spiro atoms. The standard InChI is InChI=1S/C11H15N3O2/c1-13-6-7-14-11(16)9-4-2-8(3-5-9)10(12)15/h2-5,13H,6-7H2,1H3,(H2,12,15)(H,14,16). The van der Waals surface area contributed by atoms with Crippen LogP contribution in [0.3, 0.4) is 0 Å². The number of rotatable bonds is 5. The van der Waals surface area contributed by atoms with Crippen LogP contribution in [-0.2, 0) is 0 Å². The smallest absolute Gasteiger partial charge is 0.251 e. The van der Waals surface area contributed by atoms with Gasteiger partial charge in [0.05, 0.1) is 0 Å². The van der Waals surface area contributed by atoms with Crippen molar-refractivity contribution in [3.63, 3.8) is 0 Å². The van der Waals surface area contributed by atoms with Gasteiger partial charge in [0, 0.05) is 24.2 Å². The second kappa shape index (κ2) is 5.87. The largest absolute Gasteiger partial charge is 0.366 e. The number of nitrogens with two attached hydrogens (primary N) is 1. The van der Waals surface area contributed by atoms with Crippen molar-refractivity contribution < 1.29 is 9.59 Å². The summed E-state index contributed by atoms with van der Waals surface area (Å²) in [6.07, 6.45) is 0. The second-order valence-electron chi connectivity index (χ2n) is 3.30. The minimum atomic E-state index is -0.498. The highest BCUT2D eigenvalue weighted by Gasteiger charge is 2.05. The van der Waals surface area contributed by atoms with E-state index in [-0.39, 0.29) is 5.91 Å². The Hall–Kier alpha value is -1.88. The minimum Gasteiger partial charge on any atom is -0.366 e. The normalized spacial score (nSPS) is 9.81. The molecule has 0 saturated carbocycles. The lowest BCUT2D eigenvalue weighted by atomic mass is 10.1. The molecule has 0 unspecified atom stereocenters. The summed E-state index contributed by atoms with van der Waals surface area (Å²) in [6, 6.07) is 6.23. The molecule has 16 heavy (non-hydrogen) atoms. The first kappa shape index (κ1) is 12.2. The van der Waals surface area contributed by atoms with E-state index in [1.807, 2.05) is 7.05 Å². The predicted octanol–water partition coefficient (Wildman–Crippen LogP) is -0.265. The third kappa shape index (κ3) is 3.36. The Balaban J connectivity index is 2.59. The quantitative estimate of drug-likeness (QED) is 0.599. The average molecular weight is 221 g/mol.